The fraction of sp³-hybridized carbons (Fsp3) is 0.125. The Morgan fingerprint density at radius 3 is 2.55 bits per heavy atom. The van der Waals surface area contributed by atoms with Gasteiger partial charge in [-0.1, -0.05) is 36.4 Å². The summed E-state index contributed by atoms with van der Waals surface area (Å²) in [5.41, 5.74) is 3.89. The Bertz CT molecular complexity index is 642. The van der Waals surface area contributed by atoms with Crippen LogP contribution in [0.2, 0.25) is 0 Å². The molecule has 2 N–H and O–H groups in total. The van der Waals surface area contributed by atoms with Gasteiger partial charge < -0.3 is 5.32 Å². The van der Waals surface area contributed by atoms with Gasteiger partial charge in [0, 0.05) is 12.7 Å². The average Bonchev–Trinajstić information content (AvgIpc) is 2.55. The highest BCUT2D eigenvalue weighted by molar-refractivity contribution is 5.97. The first-order chi connectivity index (χ1) is 10.7. The summed E-state index contributed by atoms with van der Waals surface area (Å²) in [5.74, 6) is -0.827. The van der Waals surface area contributed by atoms with E-state index in [-0.39, 0.29) is 12.3 Å². The molecule has 0 fully saturated rings. The number of benzene rings is 1. The summed E-state index contributed by atoms with van der Waals surface area (Å²) < 4.78 is 0. The highest BCUT2D eigenvalue weighted by Crippen LogP contribution is 1.97. The summed E-state index contributed by atoms with van der Waals surface area (Å²) in [7, 11) is 0. The van der Waals surface area contributed by atoms with Gasteiger partial charge in [0.05, 0.1) is 11.9 Å². The second-order valence-electron chi connectivity index (χ2n) is 4.49. The number of amides is 2. The molecule has 1 aromatic carbocycles. The first-order valence-corrected chi connectivity index (χ1v) is 6.77. The number of aromatic nitrogens is 1. The molecule has 0 spiro atoms. The van der Waals surface area contributed by atoms with Crippen molar-refractivity contribution in [2.45, 2.75) is 13.0 Å². The average molecular weight is 296 g/mol. The molecule has 0 aliphatic heterocycles. The van der Waals surface area contributed by atoms with Gasteiger partial charge in [-0.05, 0) is 17.7 Å². The molecule has 0 bridgehead atoms. The van der Waals surface area contributed by atoms with E-state index in [4.69, 9.17) is 0 Å². The number of carbonyl (C=O) groups is 2. The highest BCUT2D eigenvalue weighted by atomic mass is 16.2. The third kappa shape index (κ3) is 5.54. The molecule has 0 unspecified atom stereocenters. The van der Waals surface area contributed by atoms with Crippen LogP contribution < -0.4 is 10.7 Å². The van der Waals surface area contributed by atoms with Gasteiger partial charge in [-0.3, -0.25) is 14.6 Å². The molecule has 22 heavy (non-hydrogen) atoms. The SMILES string of the molecule is O=C(CC(=O)N/N=C/c1ccccn1)NCc1ccccc1. The summed E-state index contributed by atoms with van der Waals surface area (Å²) in [6.45, 7) is 0.393. The Labute approximate surface area is 128 Å². The zero-order chi connectivity index (χ0) is 15.6. The summed E-state index contributed by atoms with van der Waals surface area (Å²) in [4.78, 5) is 27.2. The van der Waals surface area contributed by atoms with Crippen molar-refractivity contribution in [2.75, 3.05) is 0 Å². The van der Waals surface area contributed by atoms with Gasteiger partial charge in [0.2, 0.25) is 11.8 Å². The van der Waals surface area contributed by atoms with Gasteiger partial charge in [-0.25, -0.2) is 5.43 Å². The van der Waals surface area contributed by atoms with Gasteiger partial charge in [0.15, 0.2) is 0 Å². The first-order valence-electron chi connectivity index (χ1n) is 6.77. The number of hydrazone groups is 1. The Morgan fingerprint density at radius 1 is 1.05 bits per heavy atom. The standard InChI is InChI=1S/C16H16N4O2/c21-15(18-11-13-6-2-1-3-7-13)10-16(22)20-19-12-14-8-4-5-9-17-14/h1-9,12H,10-11H2,(H,18,21)(H,20,22)/b19-12+. The lowest BCUT2D eigenvalue weighted by molar-refractivity contribution is -0.129. The van der Waals surface area contributed by atoms with Crippen LogP contribution in [0.5, 0.6) is 0 Å². The Kier molecular flexibility index (Phi) is 5.80. The Balaban J connectivity index is 1.70. The van der Waals surface area contributed by atoms with Crippen molar-refractivity contribution in [1.82, 2.24) is 15.7 Å². The number of hydrogen-bond donors (Lipinski definition) is 2. The maximum atomic E-state index is 11.6. The van der Waals surface area contributed by atoms with Crippen LogP contribution in [-0.4, -0.2) is 23.0 Å². The van der Waals surface area contributed by atoms with Crippen molar-refractivity contribution in [2.24, 2.45) is 5.10 Å². The molecular weight excluding hydrogens is 280 g/mol. The molecule has 6 heteroatoms. The molecule has 0 saturated heterocycles. The summed E-state index contributed by atoms with van der Waals surface area (Å²) in [5, 5.41) is 6.42. The lowest BCUT2D eigenvalue weighted by Gasteiger charge is -2.04. The smallest absolute Gasteiger partial charge is 0.249 e. The third-order valence-electron chi connectivity index (χ3n) is 2.73. The largest absolute Gasteiger partial charge is 0.352 e. The van der Waals surface area contributed by atoms with E-state index in [9.17, 15) is 9.59 Å². The number of carbonyl (C=O) groups excluding carboxylic acids is 2. The van der Waals surface area contributed by atoms with E-state index >= 15 is 0 Å². The van der Waals surface area contributed by atoms with E-state index in [0.29, 0.717) is 12.2 Å². The molecule has 2 aromatic rings. The molecule has 112 valence electrons. The van der Waals surface area contributed by atoms with Crippen LogP contribution in [0, 0.1) is 0 Å². The molecule has 2 rings (SSSR count). The highest BCUT2D eigenvalue weighted by Gasteiger charge is 2.07. The molecule has 0 atom stereocenters. The predicted molar refractivity (Wildman–Crippen MR) is 82.9 cm³/mol. The van der Waals surface area contributed by atoms with Crippen LogP contribution in [0.15, 0.2) is 59.8 Å². The van der Waals surface area contributed by atoms with Crippen LogP contribution in [0.25, 0.3) is 0 Å². The monoisotopic (exact) mass is 296 g/mol. The Hall–Kier alpha value is -3.02. The molecule has 2 amide bonds. The van der Waals surface area contributed by atoms with E-state index in [1.807, 2.05) is 36.4 Å². The molecule has 1 aromatic heterocycles. The van der Waals surface area contributed by atoms with E-state index in [2.05, 4.69) is 20.8 Å². The minimum atomic E-state index is -0.474. The molecule has 6 nitrogen and oxygen atoms in total. The van der Waals surface area contributed by atoms with Gasteiger partial charge in [0.25, 0.3) is 0 Å². The van der Waals surface area contributed by atoms with Gasteiger partial charge in [0.1, 0.15) is 6.42 Å². The Morgan fingerprint density at radius 2 is 1.82 bits per heavy atom. The van der Waals surface area contributed by atoms with Crippen LogP contribution in [0.4, 0.5) is 0 Å². The second kappa shape index (κ2) is 8.31. The molecule has 0 aliphatic carbocycles. The van der Waals surface area contributed by atoms with Crippen molar-refractivity contribution < 1.29 is 9.59 Å². The fourth-order valence-electron chi connectivity index (χ4n) is 1.67. The van der Waals surface area contributed by atoms with Crippen molar-refractivity contribution in [1.29, 1.82) is 0 Å². The van der Waals surface area contributed by atoms with E-state index < -0.39 is 5.91 Å². The van der Waals surface area contributed by atoms with E-state index in [1.54, 1.807) is 18.3 Å². The summed E-state index contributed by atoms with van der Waals surface area (Å²) in [6, 6.07) is 14.8. The lowest BCUT2D eigenvalue weighted by atomic mass is 10.2. The first kappa shape index (κ1) is 15.4. The predicted octanol–water partition coefficient (Wildman–Crippen LogP) is 1.24. The maximum absolute atomic E-state index is 11.6. The van der Waals surface area contributed by atoms with Crippen LogP contribution >= 0.6 is 0 Å². The summed E-state index contributed by atoms with van der Waals surface area (Å²) >= 11 is 0. The van der Waals surface area contributed by atoms with Crippen molar-refractivity contribution in [3.63, 3.8) is 0 Å². The number of nitrogens with one attached hydrogen (secondary N) is 2. The molecule has 1 heterocycles. The number of nitrogens with zero attached hydrogens (tertiary/aromatic N) is 2. The van der Waals surface area contributed by atoms with Gasteiger partial charge >= 0.3 is 0 Å². The third-order valence-corrected chi connectivity index (χ3v) is 2.73. The zero-order valence-corrected chi connectivity index (χ0v) is 11.9. The zero-order valence-electron chi connectivity index (χ0n) is 11.9. The van der Waals surface area contributed by atoms with Crippen LogP contribution in [0.1, 0.15) is 17.7 Å². The lowest BCUT2D eigenvalue weighted by Crippen LogP contribution is -2.29. The van der Waals surface area contributed by atoms with Gasteiger partial charge in [-0.15, -0.1) is 0 Å². The quantitative estimate of drug-likeness (QED) is 0.478. The minimum Gasteiger partial charge on any atom is -0.352 e. The van der Waals surface area contributed by atoms with E-state index in [0.717, 1.165) is 5.56 Å². The number of hydrogen-bond acceptors (Lipinski definition) is 4. The van der Waals surface area contributed by atoms with Gasteiger partial charge in [-0.2, -0.15) is 5.10 Å². The van der Waals surface area contributed by atoms with Crippen molar-refractivity contribution in [3.8, 4) is 0 Å². The van der Waals surface area contributed by atoms with E-state index in [1.165, 1.54) is 6.21 Å². The number of pyridine rings is 1. The number of rotatable bonds is 6. The molecule has 0 aliphatic rings. The normalized spacial score (nSPS) is 10.4. The minimum absolute atomic E-state index is 0.271. The molecular formula is C16H16N4O2. The fourth-order valence-corrected chi connectivity index (χ4v) is 1.67. The topological polar surface area (TPSA) is 83.5 Å². The van der Waals surface area contributed by atoms with Crippen molar-refractivity contribution >= 4 is 18.0 Å². The van der Waals surface area contributed by atoms with Crippen LogP contribution in [0.3, 0.4) is 0 Å². The van der Waals surface area contributed by atoms with Crippen LogP contribution in [-0.2, 0) is 16.1 Å². The molecule has 0 radical (unpaired) electrons. The van der Waals surface area contributed by atoms with Crippen molar-refractivity contribution in [3.05, 3.63) is 66.0 Å². The maximum Gasteiger partial charge on any atom is 0.249 e. The second-order valence-corrected chi connectivity index (χ2v) is 4.49. The summed E-state index contributed by atoms with van der Waals surface area (Å²) in [6.07, 6.45) is 2.77. The molecule has 0 saturated carbocycles.